The molecule has 6 nitrogen and oxygen atoms in total. The molecule has 0 radical (unpaired) electrons. The van der Waals surface area contributed by atoms with Crippen molar-refractivity contribution in [2.24, 2.45) is 0 Å². The average molecular weight is 431 g/mol. The van der Waals surface area contributed by atoms with Crippen LogP contribution in [0.4, 0.5) is 5.82 Å². The van der Waals surface area contributed by atoms with Crippen molar-refractivity contribution in [3.05, 3.63) is 82.9 Å². The minimum atomic E-state index is -0.468. The summed E-state index contributed by atoms with van der Waals surface area (Å²) in [7, 11) is 0. The standard InChI is InChI=1S/C24H22N4O2S/c1-3-30-24(29)20-12-13-22(28-27-20)25-14-17-6-10-19(11-7-17)23-26-21(15-31-23)18-8-4-16(2)5-9-18/h4-13,15H,3,14H2,1-2H3,(H,25,28). The van der Waals surface area contributed by atoms with Gasteiger partial charge in [-0.25, -0.2) is 9.78 Å². The van der Waals surface area contributed by atoms with E-state index >= 15 is 0 Å². The Morgan fingerprint density at radius 1 is 0.968 bits per heavy atom. The molecule has 0 aliphatic rings. The third kappa shape index (κ3) is 5.13. The SMILES string of the molecule is CCOC(=O)c1ccc(NCc2ccc(-c3nc(-c4ccc(C)cc4)cs3)cc2)nn1. The van der Waals surface area contributed by atoms with Crippen LogP contribution in [0.2, 0.25) is 0 Å². The molecule has 0 atom stereocenters. The molecule has 0 unspecified atom stereocenters. The molecule has 0 bridgehead atoms. The lowest BCUT2D eigenvalue weighted by Gasteiger charge is -2.06. The number of carbonyl (C=O) groups excluding carboxylic acids is 1. The van der Waals surface area contributed by atoms with Gasteiger partial charge >= 0.3 is 5.97 Å². The number of esters is 1. The molecule has 2 aromatic heterocycles. The highest BCUT2D eigenvalue weighted by atomic mass is 32.1. The number of thiazole rings is 1. The van der Waals surface area contributed by atoms with Crippen LogP contribution < -0.4 is 5.32 Å². The molecular weight excluding hydrogens is 408 g/mol. The lowest BCUT2D eigenvalue weighted by Crippen LogP contribution is -2.09. The molecule has 0 amide bonds. The Morgan fingerprint density at radius 3 is 2.39 bits per heavy atom. The van der Waals surface area contributed by atoms with E-state index in [0.717, 1.165) is 27.4 Å². The van der Waals surface area contributed by atoms with Gasteiger partial charge in [0.1, 0.15) is 10.8 Å². The van der Waals surface area contributed by atoms with Gasteiger partial charge in [0.15, 0.2) is 5.69 Å². The van der Waals surface area contributed by atoms with Gasteiger partial charge in [0, 0.05) is 23.1 Å². The number of ether oxygens (including phenoxy) is 1. The Morgan fingerprint density at radius 2 is 1.71 bits per heavy atom. The molecule has 156 valence electrons. The minimum absolute atomic E-state index is 0.199. The summed E-state index contributed by atoms with van der Waals surface area (Å²) >= 11 is 1.64. The van der Waals surface area contributed by atoms with Gasteiger partial charge in [0.2, 0.25) is 0 Å². The summed E-state index contributed by atoms with van der Waals surface area (Å²) in [6.45, 7) is 4.74. The number of aryl methyl sites for hydroxylation is 1. The Kier molecular flexibility index (Phi) is 6.33. The molecular formula is C24H22N4O2S. The van der Waals surface area contributed by atoms with Crippen molar-refractivity contribution in [3.8, 4) is 21.8 Å². The summed E-state index contributed by atoms with van der Waals surface area (Å²) in [5.74, 6) is 0.129. The van der Waals surface area contributed by atoms with Crippen molar-refractivity contribution in [3.63, 3.8) is 0 Å². The van der Waals surface area contributed by atoms with Gasteiger partial charge < -0.3 is 10.1 Å². The van der Waals surface area contributed by atoms with E-state index in [0.29, 0.717) is 19.0 Å². The Labute approximate surface area is 185 Å². The Balaban J connectivity index is 1.37. The lowest BCUT2D eigenvalue weighted by molar-refractivity contribution is 0.0518. The summed E-state index contributed by atoms with van der Waals surface area (Å²) in [5, 5.41) is 14.2. The molecule has 0 aliphatic heterocycles. The van der Waals surface area contributed by atoms with E-state index in [1.807, 2.05) is 0 Å². The molecule has 4 rings (SSSR count). The fraction of sp³-hybridized carbons (Fsp3) is 0.167. The number of anilines is 1. The van der Waals surface area contributed by atoms with Crippen molar-refractivity contribution in [2.75, 3.05) is 11.9 Å². The van der Waals surface area contributed by atoms with Crippen LogP contribution in [0.25, 0.3) is 21.8 Å². The summed E-state index contributed by atoms with van der Waals surface area (Å²) < 4.78 is 4.91. The van der Waals surface area contributed by atoms with E-state index < -0.39 is 5.97 Å². The topological polar surface area (TPSA) is 77.0 Å². The largest absolute Gasteiger partial charge is 0.461 e. The molecule has 31 heavy (non-hydrogen) atoms. The predicted molar refractivity (Wildman–Crippen MR) is 123 cm³/mol. The van der Waals surface area contributed by atoms with E-state index in [1.165, 1.54) is 5.56 Å². The van der Waals surface area contributed by atoms with Crippen LogP contribution in [-0.4, -0.2) is 27.8 Å². The molecule has 0 fully saturated rings. The van der Waals surface area contributed by atoms with E-state index in [1.54, 1.807) is 30.4 Å². The highest BCUT2D eigenvalue weighted by molar-refractivity contribution is 7.13. The average Bonchev–Trinajstić information content (AvgIpc) is 3.29. The second kappa shape index (κ2) is 9.49. The molecule has 0 aliphatic carbocycles. The number of nitrogens with one attached hydrogen (secondary N) is 1. The number of carbonyl (C=O) groups is 1. The van der Waals surface area contributed by atoms with Crippen molar-refractivity contribution in [2.45, 2.75) is 20.4 Å². The van der Waals surface area contributed by atoms with Crippen LogP contribution in [0.15, 0.2) is 66.0 Å². The Hall–Kier alpha value is -3.58. The fourth-order valence-electron chi connectivity index (χ4n) is 2.96. The second-order valence-electron chi connectivity index (χ2n) is 6.98. The van der Waals surface area contributed by atoms with E-state index in [2.05, 4.69) is 76.3 Å². The fourth-order valence-corrected chi connectivity index (χ4v) is 3.80. The van der Waals surface area contributed by atoms with E-state index in [-0.39, 0.29) is 5.69 Å². The van der Waals surface area contributed by atoms with Gasteiger partial charge in [0.25, 0.3) is 0 Å². The number of nitrogens with zero attached hydrogens (tertiary/aromatic N) is 3. The van der Waals surface area contributed by atoms with Crippen LogP contribution in [0.1, 0.15) is 28.5 Å². The highest BCUT2D eigenvalue weighted by Gasteiger charge is 2.09. The second-order valence-corrected chi connectivity index (χ2v) is 7.84. The van der Waals surface area contributed by atoms with Crippen molar-refractivity contribution in [1.82, 2.24) is 15.2 Å². The maximum absolute atomic E-state index is 11.6. The zero-order valence-corrected chi connectivity index (χ0v) is 18.1. The molecule has 1 N–H and O–H groups in total. The smallest absolute Gasteiger partial charge is 0.358 e. The first kappa shape index (κ1) is 20.7. The molecule has 0 saturated carbocycles. The minimum Gasteiger partial charge on any atom is -0.461 e. The first-order valence-electron chi connectivity index (χ1n) is 9.99. The van der Waals surface area contributed by atoms with E-state index in [9.17, 15) is 4.79 Å². The van der Waals surface area contributed by atoms with Crippen LogP contribution in [0.5, 0.6) is 0 Å². The van der Waals surface area contributed by atoms with Gasteiger partial charge in [-0.3, -0.25) is 0 Å². The normalized spacial score (nSPS) is 10.6. The molecule has 2 heterocycles. The molecule has 0 spiro atoms. The third-order valence-electron chi connectivity index (χ3n) is 4.68. The maximum Gasteiger partial charge on any atom is 0.358 e. The van der Waals surface area contributed by atoms with Gasteiger partial charge in [-0.1, -0.05) is 54.1 Å². The van der Waals surface area contributed by atoms with Crippen LogP contribution in [0.3, 0.4) is 0 Å². The highest BCUT2D eigenvalue weighted by Crippen LogP contribution is 2.29. The summed E-state index contributed by atoms with van der Waals surface area (Å²) in [5.41, 5.74) is 5.76. The number of hydrogen-bond donors (Lipinski definition) is 1. The quantitative estimate of drug-likeness (QED) is 0.398. The van der Waals surface area contributed by atoms with Crippen molar-refractivity contribution in [1.29, 1.82) is 0 Å². The van der Waals surface area contributed by atoms with Gasteiger partial charge in [-0.15, -0.1) is 21.5 Å². The monoisotopic (exact) mass is 430 g/mol. The Bertz CT molecular complexity index is 1150. The van der Waals surface area contributed by atoms with Crippen LogP contribution in [0, 0.1) is 6.92 Å². The van der Waals surface area contributed by atoms with Gasteiger partial charge in [-0.05, 0) is 31.5 Å². The molecule has 4 aromatic rings. The lowest BCUT2D eigenvalue weighted by atomic mass is 10.1. The zero-order valence-electron chi connectivity index (χ0n) is 17.3. The third-order valence-corrected chi connectivity index (χ3v) is 5.57. The van der Waals surface area contributed by atoms with Crippen LogP contribution in [-0.2, 0) is 11.3 Å². The summed E-state index contributed by atoms with van der Waals surface area (Å²) in [6.07, 6.45) is 0. The van der Waals surface area contributed by atoms with Crippen molar-refractivity contribution >= 4 is 23.1 Å². The summed E-state index contributed by atoms with van der Waals surface area (Å²) in [6, 6.07) is 20.0. The molecule has 7 heteroatoms. The molecule has 0 saturated heterocycles. The maximum atomic E-state index is 11.6. The summed E-state index contributed by atoms with van der Waals surface area (Å²) in [4.78, 5) is 16.4. The predicted octanol–water partition coefficient (Wildman–Crippen LogP) is 5.36. The van der Waals surface area contributed by atoms with Gasteiger partial charge in [-0.2, -0.15) is 0 Å². The molecule has 2 aromatic carbocycles. The van der Waals surface area contributed by atoms with Crippen molar-refractivity contribution < 1.29 is 9.53 Å². The van der Waals surface area contributed by atoms with Crippen LogP contribution >= 0.6 is 11.3 Å². The number of aromatic nitrogens is 3. The first-order chi connectivity index (χ1) is 15.1. The van der Waals surface area contributed by atoms with Gasteiger partial charge in [0.05, 0.1) is 12.3 Å². The number of hydrogen-bond acceptors (Lipinski definition) is 7. The number of benzene rings is 2. The first-order valence-corrected chi connectivity index (χ1v) is 10.9. The zero-order chi connectivity index (χ0) is 21.6. The van der Waals surface area contributed by atoms with E-state index in [4.69, 9.17) is 9.72 Å². The number of rotatable bonds is 7.